The molecular weight excluding hydrogens is 868 g/mol. The van der Waals surface area contributed by atoms with Gasteiger partial charge in [-0.2, -0.15) is 23.4 Å². The van der Waals surface area contributed by atoms with Gasteiger partial charge in [-0.15, -0.1) is 0 Å². The number of ether oxygens (including phenoxy) is 1. The first-order valence-corrected chi connectivity index (χ1v) is 21.8. The molecular formula is C46H43F5N10O5. The van der Waals surface area contributed by atoms with E-state index in [1.165, 1.54) is 34.0 Å². The predicted molar refractivity (Wildman–Crippen MR) is 228 cm³/mol. The Labute approximate surface area is 371 Å². The van der Waals surface area contributed by atoms with Crippen molar-refractivity contribution in [1.29, 1.82) is 0 Å². The van der Waals surface area contributed by atoms with E-state index < -0.39 is 46.4 Å². The molecule has 2 aliphatic heterocycles. The van der Waals surface area contributed by atoms with E-state index in [1.807, 2.05) is 16.7 Å². The van der Waals surface area contributed by atoms with Gasteiger partial charge in [0.2, 0.25) is 0 Å². The van der Waals surface area contributed by atoms with Crippen molar-refractivity contribution in [3.8, 4) is 22.6 Å². The molecule has 0 bridgehead atoms. The summed E-state index contributed by atoms with van der Waals surface area (Å²) in [7, 11) is 1.65. The summed E-state index contributed by atoms with van der Waals surface area (Å²) in [6.45, 7) is 6.74. The number of aromatic nitrogens is 9. The van der Waals surface area contributed by atoms with Crippen LogP contribution in [0.5, 0.6) is 0 Å². The molecule has 1 saturated carbocycles. The van der Waals surface area contributed by atoms with Crippen molar-refractivity contribution < 1.29 is 36.0 Å². The molecule has 1 N–H and O–H groups in total. The van der Waals surface area contributed by atoms with E-state index >= 15 is 9.18 Å². The zero-order valence-electron chi connectivity index (χ0n) is 36.2. The topological polar surface area (TPSA) is 156 Å². The second-order valence-corrected chi connectivity index (χ2v) is 18.4. The lowest BCUT2D eigenvalue weighted by Crippen LogP contribution is -2.43. The zero-order chi connectivity index (χ0) is 46.2. The van der Waals surface area contributed by atoms with Crippen LogP contribution in [0.15, 0.2) is 75.2 Å². The number of H-pyrrole nitrogens is 1. The Kier molecular flexibility index (Phi) is 9.25. The van der Waals surface area contributed by atoms with E-state index in [0.717, 1.165) is 39.3 Å². The minimum Gasteiger partial charge on any atom is -0.376 e. The van der Waals surface area contributed by atoms with Gasteiger partial charge in [0.1, 0.15) is 28.4 Å². The number of fused-ring (bicyclic) bond motifs is 3. The molecule has 7 aromatic rings. The highest BCUT2D eigenvalue weighted by Gasteiger charge is 2.53. The summed E-state index contributed by atoms with van der Waals surface area (Å²) in [6, 6.07) is 6.56. The Morgan fingerprint density at radius 1 is 1.02 bits per heavy atom. The fraction of sp³-hybridized carbons (Fsp3) is 0.391. The Morgan fingerprint density at radius 3 is 2.53 bits per heavy atom. The molecule has 7 heterocycles. The van der Waals surface area contributed by atoms with E-state index in [-0.39, 0.29) is 58.5 Å². The molecule has 66 heavy (non-hydrogen) atoms. The number of amides is 1. The van der Waals surface area contributed by atoms with Gasteiger partial charge in [0.15, 0.2) is 11.6 Å². The third-order valence-corrected chi connectivity index (χ3v) is 14.0. The lowest BCUT2D eigenvalue weighted by atomic mass is 9.75. The summed E-state index contributed by atoms with van der Waals surface area (Å²) in [5, 5.41) is 13.1. The van der Waals surface area contributed by atoms with Crippen LogP contribution < -0.4 is 11.4 Å². The molecule has 342 valence electrons. The maximum Gasteiger partial charge on any atom is 0.438 e. The SMILES string of the molecule is C[C@H]1c2c(-n3ccn(-c4ccc5c(cnn5C)c4F)c3=O)c(-c3ccc(F)c(C(F)(F)F)c3)nn2CCN1C(=O)c1cc2c(n1C1(c3noc(=O)[nH]3)CC1)C=CC([C@@H]1CCOC(C)(C)C1)C2. The first-order valence-electron chi connectivity index (χ1n) is 21.8. The smallest absolute Gasteiger partial charge is 0.376 e. The van der Waals surface area contributed by atoms with Crippen LogP contribution in [-0.4, -0.2) is 73.0 Å². The summed E-state index contributed by atoms with van der Waals surface area (Å²) < 4.78 is 91.5. The van der Waals surface area contributed by atoms with Crippen molar-refractivity contribution >= 4 is 22.9 Å². The van der Waals surface area contributed by atoms with Gasteiger partial charge in [0.05, 0.1) is 52.2 Å². The third-order valence-electron chi connectivity index (χ3n) is 14.0. The summed E-state index contributed by atoms with van der Waals surface area (Å²) in [6.07, 6.45) is 6.76. The summed E-state index contributed by atoms with van der Waals surface area (Å²) in [4.78, 5) is 46.6. The number of carbonyl (C=O) groups excluding carboxylic acids is 1. The number of benzene rings is 2. The second kappa shape index (κ2) is 14.6. The standard InChI is InChI=1S/C46H43F5N10O5/c1-24-38-39(59-15-14-58(43(59)64)34-10-9-33-29(36(34)48)23-52-56(33)4)37(26-5-7-31(47)30(20-26)46(49,50)51)54-60(38)17-16-57(24)40(62)35-21-28-19-25(27-11-18-65-44(2,3)22-27)6-8-32(28)61(35)45(12-13-45)41-53-42(63)66-55-41/h5-10,14-15,20-21,23-25,27H,11-13,16-19,22H2,1-4H3,(H,53,55,63)/t24-,25?,27+/m0/s1. The van der Waals surface area contributed by atoms with E-state index in [4.69, 9.17) is 14.4 Å². The number of aryl methyl sites for hydroxylation is 1. The number of nitrogens with zero attached hydrogens (tertiary/aromatic N) is 9. The lowest BCUT2D eigenvalue weighted by Gasteiger charge is -2.39. The highest BCUT2D eigenvalue weighted by Crippen LogP contribution is 2.52. The normalized spacial score (nSPS) is 21.0. The number of carbonyl (C=O) groups is 1. The van der Waals surface area contributed by atoms with Crippen LogP contribution in [0.3, 0.4) is 0 Å². The molecule has 15 nitrogen and oxygen atoms in total. The summed E-state index contributed by atoms with van der Waals surface area (Å²) >= 11 is 0. The maximum absolute atomic E-state index is 16.1. The number of imidazole rings is 1. The monoisotopic (exact) mass is 910 g/mol. The highest BCUT2D eigenvalue weighted by molar-refractivity contribution is 5.95. The summed E-state index contributed by atoms with van der Waals surface area (Å²) in [5.74, 6) is -2.50. The van der Waals surface area contributed by atoms with Gasteiger partial charge >= 0.3 is 17.6 Å². The molecule has 11 rings (SSSR count). The average Bonchev–Trinajstić information content (AvgIpc) is 3.73. The van der Waals surface area contributed by atoms with Crippen LogP contribution in [0.1, 0.15) is 91.3 Å². The number of hydrogen-bond acceptors (Lipinski definition) is 8. The van der Waals surface area contributed by atoms with Crippen LogP contribution >= 0.6 is 0 Å². The van der Waals surface area contributed by atoms with E-state index in [0.29, 0.717) is 66.6 Å². The molecule has 20 heteroatoms. The zero-order valence-corrected chi connectivity index (χ0v) is 36.2. The molecule has 2 aromatic carbocycles. The Bertz CT molecular complexity index is 3280. The minimum absolute atomic E-state index is 0.0324. The number of rotatable bonds is 7. The number of halogens is 5. The fourth-order valence-corrected chi connectivity index (χ4v) is 10.6. The van der Waals surface area contributed by atoms with Gasteiger partial charge < -0.3 is 14.2 Å². The van der Waals surface area contributed by atoms with Crippen LogP contribution in [0.4, 0.5) is 22.0 Å². The van der Waals surface area contributed by atoms with Gasteiger partial charge in [-0.3, -0.25) is 32.8 Å². The van der Waals surface area contributed by atoms with Gasteiger partial charge in [0, 0.05) is 43.9 Å². The molecule has 1 amide bonds. The number of aromatic amines is 1. The molecule has 3 atom stereocenters. The Balaban J connectivity index is 1.04. The number of alkyl halides is 3. The first-order chi connectivity index (χ1) is 31.4. The average molecular weight is 911 g/mol. The van der Waals surface area contributed by atoms with Crippen LogP contribution in [-0.2, 0) is 36.5 Å². The molecule has 0 radical (unpaired) electrons. The van der Waals surface area contributed by atoms with Gasteiger partial charge in [0.25, 0.3) is 5.91 Å². The van der Waals surface area contributed by atoms with Crippen LogP contribution in [0, 0.1) is 23.5 Å². The van der Waals surface area contributed by atoms with Crippen molar-refractivity contribution in [3.63, 3.8) is 0 Å². The largest absolute Gasteiger partial charge is 0.438 e. The van der Waals surface area contributed by atoms with Crippen molar-refractivity contribution in [3.05, 3.63) is 128 Å². The van der Waals surface area contributed by atoms with Crippen molar-refractivity contribution in [2.24, 2.45) is 18.9 Å². The van der Waals surface area contributed by atoms with Gasteiger partial charge in [-0.25, -0.2) is 18.4 Å². The maximum atomic E-state index is 16.1. The highest BCUT2D eigenvalue weighted by atomic mass is 19.4. The molecule has 0 spiro atoms. The molecule has 5 aromatic heterocycles. The fourth-order valence-electron chi connectivity index (χ4n) is 10.6. The van der Waals surface area contributed by atoms with E-state index in [9.17, 15) is 27.2 Å². The molecule has 2 aliphatic carbocycles. The van der Waals surface area contributed by atoms with Gasteiger partial charge in [-0.05, 0) is 113 Å². The molecule has 4 aliphatic rings. The van der Waals surface area contributed by atoms with Crippen LogP contribution in [0.25, 0.3) is 39.6 Å². The summed E-state index contributed by atoms with van der Waals surface area (Å²) in [5.41, 5.74) is -0.875. The number of allylic oxidation sites excluding steroid dienone is 1. The molecule has 2 fully saturated rings. The van der Waals surface area contributed by atoms with Crippen molar-refractivity contribution in [1.82, 2.24) is 48.3 Å². The van der Waals surface area contributed by atoms with Crippen molar-refractivity contribution in [2.45, 2.75) is 82.8 Å². The number of hydrogen-bond donors (Lipinski definition) is 1. The minimum atomic E-state index is -5.05. The number of nitrogens with one attached hydrogen (secondary N) is 1. The molecule has 1 saturated heterocycles. The quantitative estimate of drug-likeness (QED) is 0.164. The lowest BCUT2D eigenvalue weighted by molar-refractivity contribution is -0.139. The Morgan fingerprint density at radius 2 is 1.80 bits per heavy atom. The first kappa shape index (κ1) is 41.8. The van der Waals surface area contributed by atoms with E-state index in [2.05, 4.69) is 35.2 Å². The third kappa shape index (κ3) is 6.45. The van der Waals surface area contributed by atoms with E-state index in [1.54, 1.807) is 24.9 Å². The Hall–Kier alpha value is -6.83. The van der Waals surface area contributed by atoms with Crippen molar-refractivity contribution in [2.75, 3.05) is 13.2 Å². The van der Waals surface area contributed by atoms with Crippen LogP contribution in [0.2, 0.25) is 0 Å². The second-order valence-electron chi connectivity index (χ2n) is 18.4. The predicted octanol–water partition coefficient (Wildman–Crippen LogP) is 7.30. The van der Waals surface area contributed by atoms with Gasteiger partial charge in [-0.1, -0.05) is 11.2 Å². The molecule has 1 unspecified atom stereocenters.